The van der Waals surface area contributed by atoms with E-state index in [9.17, 15) is 4.79 Å². The molecule has 1 amide bonds. The highest BCUT2D eigenvalue weighted by Gasteiger charge is 2.10. The maximum absolute atomic E-state index is 11.7. The molecule has 2 rings (SSSR count). The van der Waals surface area contributed by atoms with Gasteiger partial charge in [-0.3, -0.25) is 15.2 Å². The van der Waals surface area contributed by atoms with E-state index in [1.807, 2.05) is 0 Å². The number of nitrogens with zero attached hydrogens (tertiary/aromatic N) is 1. The zero-order chi connectivity index (χ0) is 12.1. The largest absolute Gasteiger partial charge is 0.303 e. The second-order valence-corrected chi connectivity index (χ2v) is 4.38. The molecule has 0 fully saturated rings. The van der Waals surface area contributed by atoms with Crippen molar-refractivity contribution in [2.45, 2.75) is 26.2 Å². The third-order valence-electron chi connectivity index (χ3n) is 2.87. The molecule has 1 aromatic rings. The van der Waals surface area contributed by atoms with Crippen molar-refractivity contribution < 1.29 is 4.79 Å². The van der Waals surface area contributed by atoms with E-state index >= 15 is 0 Å². The lowest BCUT2D eigenvalue weighted by atomic mass is 9.96. The van der Waals surface area contributed by atoms with Crippen LogP contribution in [-0.2, 0) is 0 Å². The molecule has 90 valence electrons. The number of amides is 1. The number of allylic oxidation sites excluding steroid dienone is 2. The van der Waals surface area contributed by atoms with Gasteiger partial charge in [-0.25, -0.2) is 0 Å². The van der Waals surface area contributed by atoms with Gasteiger partial charge in [0.1, 0.15) is 0 Å². The van der Waals surface area contributed by atoms with Gasteiger partial charge in [-0.15, -0.1) is 0 Å². The minimum absolute atomic E-state index is 0.133. The van der Waals surface area contributed by atoms with Crippen molar-refractivity contribution in [3.05, 3.63) is 41.9 Å². The summed E-state index contributed by atoms with van der Waals surface area (Å²) in [6, 6.07) is 3.38. The Labute approximate surface area is 101 Å². The summed E-state index contributed by atoms with van der Waals surface area (Å²) in [5, 5.41) is 0. The van der Waals surface area contributed by atoms with Crippen molar-refractivity contribution in [1.29, 1.82) is 0 Å². The van der Waals surface area contributed by atoms with Gasteiger partial charge in [0.15, 0.2) is 0 Å². The molecule has 1 aromatic heterocycles. The Balaban J connectivity index is 1.88. The van der Waals surface area contributed by atoms with E-state index in [0.29, 0.717) is 11.5 Å². The normalized spacial score (nSPS) is 19.4. The van der Waals surface area contributed by atoms with Crippen LogP contribution in [0.4, 0.5) is 0 Å². The van der Waals surface area contributed by atoms with Gasteiger partial charge >= 0.3 is 0 Å². The molecule has 1 atom stereocenters. The summed E-state index contributed by atoms with van der Waals surface area (Å²) >= 11 is 0. The first-order chi connectivity index (χ1) is 8.25. The quantitative estimate of drug-likeness (QED) is 0.782. The van der Waals surface area contributed by atoms with Crippen molar-refractivity contribution >= 4 is 5.91 Å². The molecule has 0 aliphatic heterocycles. The zero-order valence-electron chi connectivity index (χ0n) is 9.94. The van der Waals surface area contributed by atoms with Gasteiger partial charge in [0.2, 0.25) is 0 Å². The van der Waals surface area contributed by atoms with Crippen LogP contribution in [0.25, 0.3) is 0 Å². The van der Waals surface area contributed by atoms with E-state index in [2.05, 4.69) is 28.8 Å². The fourth-order valence-corrected chi connectivity index (χ4v) is 1.94. The van der Waals surface area contributed by atoms with Gasteiger partial charge < -0.3 is 5.43 Å². The van der Waals surface area contributed by atoms with E-state index < -0.39 is 0 Å². The third kappa shape index (κ3) is 3.31. The minimum atomic E-state index is -0.133. The Kier molecular flexibility index (Phi) is 3.75. The number of pyridine rings is 1. The molecule has 1 aliphatic rings. The number of carbonyl (C=O) groups is 1. The van der Waals surface area contributed by atoms with Gasteiger partial charge in [-0.2, -0.15) is 0 Å². The number of carbonyl (C=O) groups excluding carboxylic acids is 1. The lowest BCUT2D eigenvalue weighted by Gasteiger charge is -2.19. The lowest BCUT2D eigenvalue weighted by molar-refractivity contribution is 0.0937. The summed E-state index contributed by atoms with van der Waals surface area (Å²) in [4.78, 5) is 15.6. The van der Waals surface area contributed by atoms with Gasteiger partial charge in [0, 0.05) is 23.7 Å². The molecule has 1 aliphatic carbocycles. The van der Waals surface area contributed by atoms with Crippen LogP contribution in [-0.4, -0.2) is 10.9 Å². The number of hydrazine groups is 1. The first kappa shape index (κ1) is 11.6. The molecule has 0 unspecified atom stereocenters. The highest BCUT2D eigenvalue weighted by atomic mass is 16.2. The molecule has 17 heavy (non-hydrogen) atoms. The highest BCUT2D eigenvalue weighted by Crippen LogP contribution is 2.19. The van der Waals surface area contributed by atoms with Crippen molar-refractivity contribution in [2.75, 3.05) is 0 Å². The highest BCUT2D eigenvalue weighted by molar-refractivity contribution is 5.93. The van der Waals surface area contributed by atoms with E-state index in [-0.39, 0.29) is 5.91 Å². The van der Waals surface area contributed by atoms with E-state index in [4.69, 9.17) is 0 Å². The molecular weight excluding hydrogens is 214 g/mol. The molecule has 0 saturated carbocycles. The van der Waals surface area contributed by atoms with Crippen LogP contribution in [0.5, 0.6) is 0 Å². The van der Waals surface area contributed by atoms with Gasteiger partial charge in [-0.05, 0) is 37.3 Å². The Bertz CT molecular complexity index is 414. The monoisotopic (exact) mass is 231 g/mol. The van der Waals surface area contributed by atoms with Gasteiger partial charge in [-0.1, -0.05) is 13.0 Å². The van der Waals surface area contributed by atoms with Crippen molar-refractivity contribution in [1.82, 2.24) is 15.8 Å². The predicted octanol–water partition coefficient (Wildman–Crippen LogP) is 2.02. The van der Waals surface area contributed by atoms with Crippen LogP contribution in [0.2, 0.25) is 0 Å². The molecular formula is C13H17N3O. The summed E-state index contributed by atoms with van der Waals surface area (Å²) in [7, 11) is 0. The molecule has 0 aromatic carbocycles. The van der Waals surface area contributed by atoms with Crippen LogP contribution >= 0.6 is 0 Å². The average molecular weight is 231 g/mol. The maximum Gasteiger partial charge on any atom is 0.269 e. The summed E-state index contributed by atoms with van der Waals surface area (Å²) in [6.45, 7) is 2.19. The summed E-state index contributed by atoms with van der Waals surface area (Å²) in [5.41, 5.74) is 7.41. The second-order valence-electron chi connectivity index (χ2n) is 4.38. The van der Waals surface area contributed by atoms with Crippen molar-refractivity contribution in [3.63, 3.8) is 0 Å². The fourth-order valence-electron chi connectivity index (χ4n) is 1.94. The standard InChI is InChI=1S/C13H17N3O/c1-10-3-2-4-12(9-10)15-16-13(17)11-5-7-14-8-6-11/h5-10,15H,2-4H2,1H3,(H,16,17)/t10-/m0/s1. The van der Waals surface area contributed by atoms with Gasteiger partial charge in [0.05, 0.1) is 0 Å². The number of nitrogens with one attached hydrogen (secondary N) is 2. The first-order valence-electron chi connectivity index (χ1n) is 5.93. The van der Waals surface area contributed by atoms with E-state index in [0.717, 1.165) is 12.1 Å². The van der Waals surface area contributed by atoms with Crippen LogP contribution < -0.4 is 10.9 Å². The summed E-state index contributed by atoms with van der Waals surface area (Å²) in [5.74, 6) is 0.454. The Morgan fingerprint density at radius 3 is 2.88 bits per heavy atom. The molecule has 4 heteroatoms. The fraction of sp³-hybridized carbons (Fsp3) is 0.385. The first-order valence-corrected chi connectivity index (χ1v) is 5.93. The molecule has 0 saturated heterocycles. The molecule has 0 radical (unpaired) electrons. The summed E-state index contributed by atoms with van der Waals surface area (Å²) in [6.07, 6.45) is 8.79. The number of rotatable bonds is 3. The maximum atomic E-state index is 11.7. The van der Waals surface area contributed by atoms with Crippen molar-refractivity contribution in [2.24, 2.45) is 5.92 Å². The number of aromatic nitrogens is 1. The molecule has 2 N–H and O–H groups in total. The Morgan fingerprint density at radius 1 is 1.41 bits per heavy atom. The molecule has 0 bridgehead atoms. The van der Waals surface area contributed by atoms with Crippen LogP contribution in [0, 0.1) is 5.92 Å². The smallest absolute Gasteiger partial charge is 0.269 e. The SMILES string of the molecule is C[C@@H]1C=C(NNC(=O)c2ccncc2)CCC1. The average Bonchev–Trinajstić information content (AvgIpc) is 2.37. The number of hydrogen-bond acceptors (Lipinski definition) is 3. The number of hydrogen-bond donors (Lipinski definition) is 2. The Hall–Kier alpha value is -1.84. The van der Waals surface area contributed by atoms with Gasteiger partial charge in [0.25, 0.3) is 5.91 Å². The molecule has 0 spiro atoms. The van der Waals surface area contributed by atoms with E-state index in [1.54, 1.807) is 24.5 Å². The predicted molar refractivity (Wildman–Crippen MR) is 65.9 cm³/mol. The zero-order valence-corrected chi connectivity index (χ0v) is 9.94. The lowest BCUT2D eigenvalue weighted by Crippen LogP contribution is -2.37. The van der Waals surface area contributed by atoms with Crippen LogP contribution in [0.3, 0.4) is 0 Å². The third-order valence-corrected chi connectivity index (χ3v) is 2.87. The molecule has 1 heterocycles. The van der Waals surface area contributed by atoms with Crippen molar-refractivity contribution in [3.8, 4) is 0 Å². The minimum Gasteiger partial charge on any atom is -0.303 e. The summed E-state index contributed by atoms with van der Waals surface area (Å²) < 4.78 is 0. The Morgan fingerprint density at radius 2 is 2.18 bits per heavy atom. The molecule has 4 nitrogen and oxygen atoms in total. The van der Waals surface area contributed by atoms with Crippen LogP contribution in [0.1, 0.15) is 36.5 Å². The van der Waals surface area contributed by atoms with E-state index in [1.165, 1.54) is 12.8 Å². The second kappa shape index (κ2) is 5.48. The topological polar surface area (TPSA) is 54.0 Å². The van der Waals surface area contributed by atoms with Crippen LogP contribution in [0.15, 0.2) is 36.3 Å².